The molecule has 1 amide bonds. The SMILES string of the molecule is C=CCCNC(=O)C(C(=O)OCC)C(C)(C)C. The van der Waals surface area contributed by atoms with Gasteiger partial charge in [0.1, 0.15) is 5.92 Å². The summed E-state index contributed by atoms with van der Waals surface area (Å²) in [6.45, 7) is 11.6. The van der Waals surface area contributed by atoms with Crippen LogP contribution in [0.25, 0.3) is 0 Å². The van der Waals surface area contributed by atoms with E-state index in [4.69, 9.17) is 4.74 Å². The molecule has 1 unspecified atom stereocenters. The van der Waals surface area contributed by atoms with Crippen molar-refractivity contribution in [2.75, 3.05) is 13.2 Å². The quantitative estimate of drug-likeness (QED) is 0.334. The first-order valence-corrected chi connectivity index (χ1v) is 5.89. The Balaban J connectivity index is 4.63. The van der Waals surface area contributed by atoms with E-state index in [2.05, 4.69) is 11.9 Å². The first-order chi connectivity index (χ1) is 7.84. The Hall–Kier alpha value is -1.32. The summed E-state index contributed by atoms with van der Waals surface area (Å²) in [6, 6.07) is 0. The minimum atomic E-state index is -0.771. The highest BCUT2D eigenvalue weighted by atomic mass is 16.5. The Labute approximate surface area is 103 Å². The summed E-state index contributed by atoms with van der Waals surface area (Å²) in [7, 11) is 0. The van der Waals surface area contributed by atoms with Crippen molar-refractivity contribution in [3.63, 3.8) is 0 Å². The summed E-state index contributed by atoms with van der Waals surface area (Å²) in [5, 5.41) is 2.72. The van der Waals surface area contributed by atoms with E-state index in [0.29, 0.717) is 13.0 Å². The Morgan fingerprint density at radius 2 is 2.00 bits per heavy atom. The van der Waals surface area contributed by atoms with Crippen LogP contribution in [0.4, 0.5) is 0 Å². The van der Waals surface area contributed by atoms with Gasteiger partial charge >= 0.3 is 5.97 Å². The van der Waals surface area contributed by atoms with Gasteiger partial charge in [0.25, 0.3) is 0 Å². The molecule has 0 aromatic rings. The lowest BCUT2D eigenvalue weighted by Crippen LogP contribution is -2.43. The van der Waals surface area contributed by atoms with Crippen molar-refractivity contribution in [3.8, 4) is 0 Å². The number of nitrogens with one attached hydrogen (secondary N) is 1. The van der Waals surface area contributed by atoms with Crippen LogP contribution in [-0.4, -0.2) is 25.0 Å². The van der Waals surface area contributed by atoms with Gasteiger partial charge in [0.05, 0.1) is 6.61 Å². The van der Waals surface area contributed by atoms with Crippen molar-refractivity contribution >= 4 is 11.9 Å². The second-order valence-electron chi connectivity index (χ2n) is 4.92. The van der Waals surface area contributed by atoms with Crippen LogP contribution in [0.1, 0.15) is 34.1 Å². The van der Waals surface area contributed by atoms with Crippen molar-refractivity contribution in [2.45, 2.75) is 34.1 Å². The number of amides is 1. The Kier molecular flexibility index (Phi) is 6.54. The lowest BCUT2D eigenvalue weighted by Gasteiger charge is -2.27. The highest BCUT2D eigenvalue weighted by molar-refractivity contribution is 5.98. The number of esters is 1. The maximum absolute atomic E-state index is 11.9. The molecule has 1 N–H and O–H groups in total. The molecular weight excluding hydrogens is 218 g/mol. The maximum Gasteiger partial charge on any atom is 0.319 e. The lowest BCUT2D eigenvalue weighted by atomic mass is 9.80. The van der Waals surface area contributed by atoms with Gasteiger partial charge in [-0.15, -0.1) is 6.58 Å². The smallest absolute Gasteiger partial charge is 0.319 e. The molecule has 0 bridgehead atoms. The second kappa shape index (κ2) is 7.09. The van der Waals surface area contributed by atoms with Gasteiger partial charge in [-0.3, -0.25) is 9.59 Å². The predicted octanol–water partition coefficient (Wildman–Crippen LogP) is 1.90. The molecule has 0 fully saturated rings. The lowest BCUT2D eigenvalue weighted by molar-refractivity contribution is -0.156. The molecule has 0 rings (SSSR count). The Morgan fingerprint density at radius 3 is 2.41 bits per heavy atom. The van der Waals surface area contributed by atoms with Crippen molar-refractivity contribution in [1.29, 1.82) is 0 Å². The van der Waals surface area contributed by atoms with Crippen LogP contribution in [0, 0.1) is 11.3 Å². The molecule has 4 nitrogen and oxygen atoms in total. The van der Waals surface area contributed by atoms with Gasteiger partial charge in [0.15, 0.2) is 0 Å². The van der Waals surface area contributed by atoms with Gasteiger partial charge in [0.2, 0.25) is 5.91 Å². The summed E-state index contributed by atoms with van der Waals surface area (Å²) in [6.07, 6.45) is 2.40. The standard InChI is InChI=1S/C13H23NO3/c1-6-8-9-14-11(15)10(13(3,4)5)12(16)17-7-2/h6,10H,1,7-9H2,2-5H3,(H,14,15). The van der Waals surface area contributed by atoms with E-state index in [1.807, 2.05) is 20.8 Å². The van der Waals surface area contributed by atoms with Crippen LogP contribution in [0.15, 0.2) is 12.7 Å². The van der Waals surface area contributed by atoms with Gasteiger partial charge in [-0.2, -0.15) is 0 Å². The zero-order valence-electron chi connectivity index (χ0n) is 11.2. The third-order valence-corrected chi connectivity index (χ3v) is 2.30. The summed E-state index contributed by atoms with van der Waals surface area (Å²) >= 11 is 0. The van der Waals surface area contributed by atoms with E-state index >= 15 is 0 Å². The average molecular weight is 241 g/mol. The molecular formula is C13H23NO3. The molecule has 0 aromatic carbocycles. The van der Waals surface area contributed by atoms with Crippen LogP contribution in [0.5, 0.6) is 0 Å². The zero-order valence-corrected chi connectivity index (χ0v) is 11.2. The Bertz CT molecular complexity index is 279. The van der Waals surface area contributed by atoms with Crippen LogP contribution in [0.2, 0.25) is 0 Å². The summed E-state index contributed by atoms with van der Waals surface area (Å²) < 4.78 is 4.94. The topological polar surface area (TPSA) is 55.4 Å². The number of hydrogen-bond donors (Lipinski definition) is 1. The molecule has 4 heteroatoms. The average Bonchev–Trinajstić information content (AvgIpc) is 2.16. The van der Waals surface area contributed by atoms with Gasteiger partial charge in [-0.05, 0) is 18.8 Å². The summed E-state index contributed by atoms with van der Waals surface area (Å²) in [5.41, 5.74) is -0.454. The molecule has 0 spiro atoms. The number of hydrogen-bond acceptors (Lipinski definition) is 3. The van der Waals surface area contributed by atoms with Crippen LogP contribution in [0.3, 0.4) is 0 Å². The number of ether oxygens (including phenoxy) is 1. The molecule has 98 valence electrons. The highest BCUT2D eigenvalue weighted by Gasteiger charge is 2.38. The van der Waals surface area contributed by atoms with Crippen molar-refractivity contribution in [3.05, 3.63) is 12.7 Å². The molecule has 0 heterocycles. The molecule has 0 saturated heterocycles. The van der Waals surface area contributed by atoms with Gasteiger partial charge < -0.3 is 10.1 Å². The minimum absolute atomic E-state index is 0.280. The molecule has 0 saturated carbocycles. The molecule has 0 aromatic heterocycles. The van der Waals surface area contributed by atoms with E-state index in [9.17, 15) is 9.59 Å². The summed E-state index contributed by atoms with van der Waals surface area (Å²) in [4.78, 5) is 23.7. The fraction of sp³-hybridized carbons (Fsp3) is 0.692. The number of carbonyl (C=O) groups excluding carboxylic acids is 2. The number of carbonyl (C=O) groups is 2. The number of rotatable bonds is 6. The monoisotopic (exact) mass is 241 g/mol. The van der Waals surface area contributed by atoms with E-state index in [-0.39, 0.29) is 12.5 Å². The molecule has 1 atom stereocenters. The zero-order chi connectivity index (χ0) is 13.5. The molecule has 0 radical (unpaired) electrons. The van der Waals surface area contributed by atoms with Gasteiger partial charge in [-0.1, -0.05) is 26.8 Å². The molecule has 0 aliphatic carbocycles. The van der Waals surface area contributed by atoms with Crippen LogP contribution in [-0.2, 0) is 14.3 Å². The first kappa shape index (κ1) is 15.7. The van der Waals surface area contributed by atoms with E-state index in [0.717, 1.165) is 0 Å². The Morgan fingerprint density at radius 1 is 1.41 bits per heavy atom. The van der Waals surface area contributed by atoms with Crippen LogP contribution < -0.4 is 5.32 Å². The molecule has 0 aliphatic rings. The van der Waals surface area contributed by atoms with E-state index in [1.54, 1.807) is 13.0 Å². The highest BCUT2D eigenvalue weighted by Crippen LogP contribution is 2.27. The summed E-state index contributed by atoms with van der Waals surface area (Å²) in [5.74, 6) is -1.51. The predicted molar refractivity (Wildman–Crippen MR) is 67.4 cm³/mol. The van der Waals surface area contributed by atoms with Crippen molar-refractivity contribution in [2.24, 2.45) is 11.3 Å². The molecule has 0 aliphatic heterocycles. The normalized spacial score (nSPS) is 12.7. The first-order valence-electron chi connectivity index (χ1n) is 5.89. The molecule has 17 heavy (non-hydrogen) atoms. The maximum atomic E-state index is 11.9. The third kappa shape index (κ3) is 5.52. The second-order valence-corrected chi connectivity index (χ2v) is 4.92. The fourth-order valence-corrected chi connectivity index (χ4v) is 1.48. The van der Waals surface area contributed by atoms with Gasteiger partial charge in [0, 0.05) is 6.54 Å². The fourth-order valence-electron chi connectivity index (χ4n) is 1.48. The largest absolute Gasteiger partial charge is 0.465 e. The van der Waals surface area contributed by atoms with Crippen LogP contribution >= 0.6 is 0 Å². The van der Waals surface area contributed by atoms with Gasteiger partial charge in [-0.25, -0.2) is 0 Å². The van der Waals surface area contributed by atoms with E-state index < -0.39 is 17.3 Å². The van der Waals surface area contributed by atoms with Crippen molar-refractivity contribution < 1.29 is 14.3 Å². The van der Waals surface area contributed by atoms with E-state index in [1.165, 1.54) is 0 Å². The third-order valence-electron chi connectivity index (χ3n) is 2.30. The minimum Gasteiger partial charge on any atom is -0.465 e. The van der Waals surface area contributed by atoms with Crippen molar-refractivity contribution in [1.82, 2.24) is 5.32 Å².